The van der Waals surface area contributed by atoms with Crippen LogP contribution in [0.3, 0.4) is 0 Å². The molecule has 0 unspecified atom stereocenters. The summed E-state index contributed by atoms with van der Waals surface area (Å²) in [4.78, 5) is 10.6. The molecule has 0 aliphatic rings. The summed E-state index contributed by atoms with van der Waals surface area (Å²) in [6.07, 6.45) is -4.26. The first-order valence-corrected chi connectivity index (χ1v) is 6.14. The third kappa shape index (κ3) is 3.33. The third-order valence-electron chi connectivity index (χ3n) is 1.58. The van der Waals surface area contributed by atoms with Crippen LogP contribution in [0.25, 0.3) is 0 Å². The monoisotopic (exact) mass is 292 g/mol. The van der Waals surface area contributed by atoms with Crippen LogP contribution in [0.2, 0.25) is 0 Å². The number of carboxylic acids is 1. The SMILES string of the molecule is O=C(O)c1cnn(CC(F)(F)F)c1S(=O)(=O)Cl. The molecule has 17 heavy (non-hydrogen) atoms. The zero-order valence-electron chi connectivity index (χ0n) is 7.77. The van der Waals surface area contributed by atoms with Gasteiger partial charge in [0.25, 0.3) is 9.05 Å². The van der Waals surface area contributed by atoms with E-state index in [1.54, 1.807) is 0 Å². The maximum Gasteiger partial charge on any atom is 0.408 e. The molecule has 0 saturated heterocycles. The Morgan fingerprint density at radius 2 is 2.06 bits per heavy atom. The second-order valence-electron chi connectivity index (χ2n) is 2.88. The Morgan fingerprint density at radius 3 is 2.41 bits per heavy atom. The fourth-order valence-corrected chi connectivity index (χ4v) is 2.31. The Kier molecular flexibility index (Phi) is 3.39. The van der Waals surface area contributed by atoms with Crippen LogP contribution in [0.1, 0.15) is 10.4 Å². The lowest BCUT2D eigenvalue weighted by atomic mass is 10.4. The summed E-state index contributed by atoms with van der Waals surface area (Å²) in [6, 6.07) is 0. The van der Waals surface area contributed by atoms with Crippen LogP contribution >= 0.6 is 10.7 Å². The van der Waals surface area contributed by atoms with Gasteiger partial charge in [-0.05, 0) is 0 Å². The summed E-state index contributed by atoms with van der Waals surface area (Å²) < 4.78 is 58.2. The second-order valence-corrected chi connectivity index (χ2v) is 5.36. The lowest BCUT2D eigenvalue weighted by molar-refractivity contribution is -0.144. The molecule has 1 aromatic heterocycles. The van der Waals surface area contributed by atoms with Crippen LogP contribution in [0, 0.1) is 0 Å². The van der Waals surface area contributed by atoms with Crippen molar-refractivity contribution in [2.45, 2.75) is 17.7 Å². The molecule has 0 bridgehead atoms. The number of carboxylic acid groups (broad SMARTS) is 1. The van der Waals surface area contributed by atoms with E-state index in [0.29, 0.717) is 6.20 Å². The minimum atomic E-state index is -4.75. The van der Waals surface area contributed by atoms with Crippen LogP contribution in [-0.2, 0) is 15.6 Å². The second kappa shape index (κ2) is 4.18. The van der Waals surface area contributed by atoms with Gasteiger partial charge in [-0.1, -0.05) is 0 Å². The van der Waals surface area contributed by atoms with Crippen LogP contribution in [0.4, 0.5) is 13.2 Å². The number of carbonyl (C=O) groups is 1. The third-order valence-corrected chi connectivity index (χ3v) is 2.91. The van der Waals surface area contributed by atoms with Gasteiger partial charge >= 0.3 is 12.1 Å². The van der Waals surface area contributed by atoms with E-state index in [4.69, 9.17) is 15.8 Å². The normalized spacial score (nSPS) is 12.7. The highest BCUT2D eigenvalue weighted by Crippen LogP contribution is 2.24. The van der Waals surface area contributed by atoms with Gasteiger partial charge in [0.05, 0.1) is 6.20 Å². The number of halogens is 4. The first-order chi connectivity index (χ1) is 7.52. The topological polar surface area (TPSA) is 89.3 Å². The fourth-order valence-electron chi connectivity index (χ4n) is 1.06. The molecule has 1 N–H and O–H groups in total. The van der Waals surface area contributed by atoms with E-state index in [-0.39, 0.29) is 4.68 Å². The fraction of sp³-hybridized carbons (Fsp3) is 0.333. The van der Waals surface area contributed by atoms with Crippen molar-refractivity contribution >= 4 is 25.7 Å². The van der Waals surface area contributed by atoms with E-state index >= 15 is 0 Å². The van der Waals surface area contributed by atoms with Crippen molar-refractivity contribution in [1.82, 2.24) is 9.78 Å². The number of hydrogen-bond acceptors (Lipinski definition) is 4. The zero-order chi connectivity index (χ0) is 13.4. The Labute approximate surface area is 97.0 Å². The van der Waals surface area contributed by atoms with Crippen molar-refractivity contribution < 1.29 is 31.5 Å². The number of aromatic carboxylic acids is 1. The number of alkyl halides is 3. The molecule has 0 aliphatic carbocycles. The van der Waals surface area contributed by atoms with Gasteiger partial charge in [-0.3, -0.25) is 0 Å². The lowest BCUT2D eigenvalue weighted by Crippen LogP contribution is -2.21. The highest BCUT2D eigenvalue weighted by Gasteiger charge is 2.34. The molecule has 96 valence electrons. The van der Waals surface area contributed by atoms with E-state index in [1.165, 1.54) is 0 Å². The Balaban J connectivity index is 3.39. The summed E-state index contributed by atoms with van der Waals surface area (Å²) in [5, 5.41) is 10.4. The summed E-state index contributed by atoms with van der Waals surface area (Å²) in [6.45, 7) is -1.75. The Morgan fingerprint density at radius 1 is 1.53 bits per heavy atom. The highest BCUT2D eigenvalue weighted by atomic mass is 35.7. The van der Waals surface area contributed by atoms with Crippen LogP contribution in [0.5, 0.6) is 0 Å². The molecule has 0 saturated carbocycles. The quantitative estimate of drug-likeness (QED) is 0.842. The van der Waals surface area contributed by atoms with Crippen molar-refractivity contribution in [3.63, 3.8) is 0 Å². The van der Waals surface area contributed by atoms with E-state index in [9.17, 15) is 26.4 Å². The number of aromatic nitrogens is 2. The minimum Gasteiger partial charge on any atom is -0.478 e. The predicted octanol–water partition coefficient (Wildman–Crippen LogP) is 1.07. The van der Waals surface area contributed by atoms with Gasteiger partial charge in [-0.15, -0.1) is 0 Å². The van der Waals surface area contributed by atoms with Crippen molar-refractivity contribution in [3.05, 3.63) is 11.8 Å². The molecule has 1 heterocycles. The van der Waals surface area contributed by atoms with Gasteiger partial charge in [0.15, 0.2) is 5.03 Å². The summed E-state index contributed by atoms with van der Waals surface area (Å²) >= 11 is 0. The van der Waals surface area contributed by atoms with Gasteiger partial charge in [0.2, 0.25) is 0 Å². The molecule has 0 aromatic carbocycles. The number of hydrogen-bond donors (Lipinski definition) is 1. The zero-order valence-corrected chi connectivity index (χ0v) is 9.34. The van der Waals surface area contributed by atoms with E-state index in [1.807, 2.05) is 0 Å². The van der Waals surface area contributed by atoms with E-state index < -0.39 is 38.3 Å². The standard InChI is InChI=1S/C6H4ClF3N2O4S/c7-17(15,16)4-3(5(13)14)1-11-12(4)2-6(8,9)10/h1H,2H2,(H,13,14). The van der Waals surface area contributed by atoms with Gasteiger partial charge < -0.3 is 5.11 Å². The highest BCUT2D eigenvalue weighted by molar-refractivity contribution is 8.13. The molecule has 0 spiro atoms. The van der Waals surface area contributed by atoms with E-state index in [2.05, 4.69) is 5.10 Å². The molecule has 0 fully saturated rings. The average Bonchev–Trinajstić information content (AvgIpc) is 2.43. The molecule has 0 radical (unpaired) electrons. The summed E-state index contributed by atoms with van der Waals surface area (Å²) in [5.74, 6) is -1.74. The van der Waals surface area contributed by atoms with Crippen molar-refractivity contribution in [3.8, 4) is 0 Å². The van der Waals surface area contributed by atoms with Crippen LogP contribution in [0.15, 0.2) is 11.2 Å². The van der Waals surface area contributed by atoms with Crippen molar-refractivity contribution in [1.29, 1.82) is 0 Å². The molecule has 0 amide bonds. The number of rotatable bonds is 3. The van der Waals surface area contributed by atoms with Gasteiger partial charge in [0, 0.05) is 10.7 Å². The largest absolute Gasteiger partial charge is 0.478 e. The molecule has 11 heteroatoms. The van der Waals surface area contributed by atoms with Gasteiger partial charge in [-0.25, -0.2) is 17.9 Å². The molecular formula is C6H4ClF3N2O4S. The van der Waals surface area contributed by atoms with Gasteiger partial charge in [-0.2, -0.15) is 18.3 Å². The smallest absolute Gasteiger partial charge is 0.408 e. The van der Waals surface area contributed by atoms with E-state index in [0.717, 1.165) is 0 Å². The minimum absolute atomic E-state index is 0.0220. The molecule has 1 aromatic rings. The molecule has 6 nitrogen and oxygen atoms in total. The average molecular weight is 293 g/mol. The lowest BCUT2D eigenvalue weighted by Gasteiger charge is -2.08. The maximum absolute atomic E-state index is 12.1. The summed E-state index contributed by atoms with van der Waals surface area (Å²) in [7, 11) is 0.218. The first kappa shape index (κ1) is 13.8. The first-order valence-electron chi connectivity index (χ1n) is 3.83. The number of nitrogens with zero attached hydrogens (tertiary/aromatic N) is 2. The molecular weight excluding hydrogens is 289 g/mol. The Hall–Kier alpha value is -1.29. The van der Waals surface area contributed by atoms with Gasteiger partial charge in [0.1, 0.15) is 12.1 Å². The molecule has 1 rings (SSSR count). The van der Waals surface area contributed by atoms with Crippen LogP contribution in [-0.4, -0.2) is 35.5 Å². The van der Waals surface area contributed by atoms with Crippen molar-refractivity contribution in [2.75, 3.05) is 0 Å². The van der Waals surface area contributed by atoms with Crippen LogP contribution < -0.4 is 0 Å². The Bertz CT molecular complexity index is 550. The molecule has 0 aliphatic heterocycles. The maximum atomic E-state index is 12.1. The summed E-state index contributed by atoms with van der Waals surface area (Å²) in [5.41, 5.74) is -0.913. The molecule has 0 atom stereocenters. The van der Waals surface area contributed by atoms with Crippen molar-refractivity contribution in [2.24, 2.45) is 0 Å². The predicted molar refractivity (Wildman–Crippen MR) is 48.3 cm³/mol.